The van der Waals surface area contributed by atoms with E-state index in [9.17, 15) is 4.79 Å². The van der Waals surface area contributed by atoms with Crippen molar-refractivity contribution in [1.29, 1.82) is 0 Å². The van der Waals surface area contributed by atoms with Gasteiger partial charge >= 0.3 is 0 Å². The van der Waals surface area contributed by atoms with Gasteiger partial charge in [-0.1, -0.05) is 6.07 Å². The maximum absolute atomic E-state index is 13.3. The number of ether oxygens (including phenoxy) is 3. The van der Waals surface area contributed by atoms with Crippen LogP contribution in [0.25, 0.3) is 10.9 Å². The lowest BCUT2D eigenvalue weighted by Crippen LogP contribution is -2.44. The third kappa shape index (κ3) is 4.76. The number of carbonyl (C=O) groups excluding carboxylic acids is 1. The van der Waals surface area contributed by atoms with E-state index >= 15 is 0 Å². The first-order valence-electron chi connectivity index (χ1n) is 11.1. The number of nitrogens with zero attached hydrogens (tertiary/aromatic N) is 2. The average Bonchev–Trinajstić information content (AvgIpc) is 3.62. The Bertz CT molecular complexity index is 861. The predicted octanol–water partition coefficient (Wildman–Crippen LogP) is 4.27. The molecule has 0 spiro atoms. The number of benzene rings is 1. The molecule has 1 aliphatic carbocycles. The zero-order valence-corrected chi connectivity index (χ0v) is 18.0. The molecule has 1 aromatic carbocycles. The van der Waals surface area contributed by atoms with E-state index < -0.39 is 0 Å². The van der Waals surface area contributed by atoms with Crippen LogP contribution in [0.4, 0.5) is 0 Å². The van der Waals surface area contributed by atoms with E-state index in [-0.39, 0.29) is 18.1 Å². The molecule has 0 radical (unpaired) electrons. The topological polar surface area (TPSA) is 60.9 Å². The highest BCUT2D eigenvalue weighted by atomic mass is 16.5. The molecule has 30 heavy (non-hydrogen) atoms. The van der Waals surface area contributed by atoms with Gasteiger partial charge in [0.25, 0.3) is 5.91 Å². The molecule has 6 nitrogen and oxygen atoms in total. The lowest BCUT2D eigenvalue weighted by atomic mass is 10.0. The summed E-state index contributed by atoms with van der Waals surface area (Å²) in [4.78, 5) is 19.9. The van der Waals surface area contributed by atoms with Crippen LogP contribution in [0, 0.1) is 0 Å². The van der Waals surface area contributed by atoms with Crippen molar-refractivity contribution in [3.8, 4) is 5.75 Å². The second-order valence-corrected chi connectivity index (χ2v) is 8.30. The summed E-state index contributed by atoms with van der Waals surface area (Å²) in [5, 5.41) is 1.03. The number of rotatable bonds is 9. The van der Waals surface area contributed by atoms with Gasteiger partial charge in [0.2, 0.25) is 0 Å². The van der Waals surface area contributed by atoms with Crippen molar-refractivity contribution >= 4 is 16.8 Å². The zero-order valence-electron chi connectivity index (χ0n) is 18.0. The Kier molecular flexibility index (Phi) is 6.85. The van der Waals surface area contributed by atoms with Crippen molar-refractivity contribution in [1.82, 2.24) is 9.88 Å². The molecule has 1 aliphatic heterocycles. The molecule has 1 saturated carbocycles. The van der Waals surface area contributed by atoms with Gasteiger partial charge in [-0.3, -0.25) is 9.78 Å². The van der Waals surface area contributed by atoms with E-state index in [4.69, 9.17) is 14.2 Å². The fourth-order valence-electron chi connectivity index (χ4n) is 4.22. The van der Waals surface area contributed by atoms with E-state index in [0.29, 0.717) is 25.9 Å². The molecule has 6 heteroatoms. The zero-order chi connectivity index (χ0) is 20.9. The quantitative estimate of drug-likeness (QED) is 0.576. The molecule has 0 unspecified atom stereocenters. The maximum atomic E-state index is 13.3. The van der Waals surface area contributed by atoms with Gasteiger partial charge in [0, 0.05) is 44.4 Å². The van der Waals surface area contributed by atoms with Gasteiger partial charge in [-0.15, -0.1) is 0 Å². The lowest BCUT2D eigenvalue weighted by Gasteiger charge is -2.34. The van der Waals surface area contributed by atoms with Crippen LogP contribution in [-0.4, -0.2) is 54.9 Å². The number of methoxy groups -OCH3 is 1. The standard InChI is InChI=1S/C24H32N2O4/c1-17(26(20-9-10-20)24(27)21-8-3-4-13-29-21)19-15-18-7-5-11-25-23(18)22(16-19)30-14-6-12-28-2/h5,7,11,15-17,20-21H,3-4,6,8-10,12-14H2,1-2H3/t17-,21-/m1/s1. The molecule has 1 aromatic heterocycles. The molecule has 2 heterocycles. The number of amides is 1. The minimum Gasteiger partial charge on any atom is -0.491 e. The molecule has 2 aliphatic rings. The summed E-state index contributed by atoms with van der Waals surface area (Å²) in [6.07, 6.45) is 7.37. The summed E-state index contributed by atoms with van der Waals surface area (Å²) in [5.74, 6) is 0.904. The van der Waals surface area contributed by atoms with Crippen molar-refractivity contribution in [2.75, 3.05) is 26.9 Å². The van der Waals surface area contributed by atoms with Gasteiger partial charge in [-0.25, -0.2) is 0 Å². The highest BCUT2D eigenvalue weighted by Gasteiger charge is 2.40. The molecule has 4 rings (SSSR count). The molecular formula is C24H32N2O4. The minimum atomic E-state index is -0.298. The SMILES string of the molecule is COCCCOc1cc([C@@H](C)N(C(=O)[C@H]2CCCCO2)C2CC2)cc2cccnc12. The van der Waals surface area contributed by atoms with Crippen molar-refractivity contribution in [2.45, 2.75) is 63.6 Å². The van der Waals surface area contributed by atoms with Gasteiger partial charge in [0.1, 0.15) is 17.4 Å². The normalized spacial score (nSPS) is 20.1. The Morgan fingerprint density at radius 1 is 1.27 bits per heavy atom. The second-order valence-electron chi connectivity index (χ2n) is 8.30. The van der Waals surface area contributed by atoms with Crippen molar-refractivity contribution in [3.63, 3.8) is 0 Å². The Morgan fingerprint density at radius 2 is 2.13 bits per heavy atom. The monoisotopic (exact) mass is 412 g/mol. The smallest absolute Gasteiger partial charge is 0.252 e. The van der Waals surface area contributed by atoms with Crippen molar-refractivity contribution in [3.05, 3.63) is 36.0 Å². The molecule has 1 amide bonds. The van der Waals surface area contributed by atoms with E-state index in [1.54, 1.807) is 13.3 Å². The number of aromatic nitrogens is 1. The third-order valence-electron chi connectivity index (χ3n) is 5.99. The first-order valence-corrected chi connectivity index (χ1v) is 11.1. The molecule has 0 bridgehead atoms. The van der Waals surface area contributed by atoms with E-state index in [1.807, 2.05) is 12.1 Å². The third-order valence-corrected chi connectivity index (χ3v) is 5.99. The largest absolute Gasteiger partial charge is 0.491 e. The summed E-state index contributed by atoms with van der Waals surface area (Å²) >= 11 is 0. The molecule has 162 valence electrons. The van der Waals surface area contributed by atoms with Gasteiger partial charge < -0.3 is 19.1 Å². The number of hydrogen-bond donors (Lipinski definition) is 0. The van der Waals surface area contributed by atoms with Gasteiger partial charge in [-0.05, 0) is 62.8 Å². The van der Waals surface area contributed by atoms with E-state index in [0.717, 1.165) is 60.7 Å². The minimum absolute atomic E-state index is 0.0403. The van der Waals surface area contributed by atoms with Crippen LogP contribution in [-0.2, 0) is 14.3 Å². The Balaban J connectivity index is 1.60. The van der Waals surface area contributed by atoms with Crippen LogP contribution in [0.1, 0.15) is 57.1 Å². The maximum Gasteiger partial charge on any atom is 0.252 e. The fraction of sp³-hybridized carbons (Fsp3) is 0.583. The van der Waals surface area contributed by atoms with Crippen LogP contribution in [0.3, 0.4) is 0 Å². The summed E-state index contributed by atoms with van der Waals surface area (Å²) in [5.41, 5.74) is 1.93. The van der Waals surface area contributed by atoms with Crippen LogP contribution in [0.15, 0.2) is 30.5 Å². The van der Waals surface area contributed by atoms with Crippen LogP contribution in [0.2, 0.25) is 0 Å². The van der Waals surface area contributed by atoms with Crippen molar-refractivity contribution in [2.24, 2.45) is 0 Å². The predicted molar refractivity (Wildman–Crippen MR) is 116 cm³/mol. The summed E-state index contributed by atoms with van der Waals surface area (Å²) in [7, 11) is 1.69. The molecule has 2 aromatic rings. The molecule has 2 atom stereocenters. The molecule has 0 N–H and O–H groups in total. The average molecular weight is 413 g/mol. The van der Waals surface area contributed by atoms with Crippen LogP contribution >= 0.6 is 0 Å². The van der Waals surface area contributed by atoms with Crippen molar-refractivity contribution < 1.29 is 19.0 Å². The van der Waals surface area contributed by atoms with Gasteiger partial charge in [0.05, 0.1) is 12.6 Å². The highest BCUT2D eigenvalue weighted by molar-refractivity contribution is 5.86. The van der Waals surface area contributed by atoms with Crippen LogP contribution < -0.4 is 4.74 Å². The van der Waals surface area contributed by atoms with Crippen LogP contribution in [0.5, 0.6) is 5.75 Å². The number of carbonyl (C=O) groups is 1. The van der Waals surface area contributed by atoms with E-state index in [1.165, 1.54) is 0 Å². The second kappa shape index (κ2) is 9.75. The number of pyridine rings is 1. The van der Waals surface area contributed by atoms with Gasteiger partial charge in [-0.2, -0.15) is 0 Å². The summed E-state index contributed by atoms with van der Waals surface area (Å²) in [6, 6.07) is 8.45. The molecule has 2 fully saturated rings. The molecule has 1 saturated heterocycles. The Hall–Kier alpha value is -2.18. The first kappa shape index (κ1) is 21.1. The summed E-state index contributed by atoms with van der Waals surface area (Å²) in [6.45, 7) is 4.03. The summed E-state index contributed by atoms with van der Waals surface area (Å²) < 4.78 is 17.0. The molecular weight excluding hydrogens is 380 g/mol. The fourth-order valence-corrected chi connectivity index (χ4v) is 4.22. The first-order chi connectivity index (χ1) is 14.7. The highest BCUT2D eigenvalue weighted by Crippen LogP contribution is 2.38. The van der Waals surface area contributed by atoms with E-state index in [2.05, 4.69) is 28.9 Å². The Labute approximate surface area is 178 Å². The lowest BCUT2D eigenvalue weighted by molar-refractivity contribution is -0.149. The number of hydrogen-bond acceptors (Lipinski definition) is 5. The number of fused-ring (bicyclic) bond motifs is 1. The Morgan fingerprint density at radius 3 is 2.87 bits per heavy atom. The van der Waals surface area contributed by atoms with Gasteiger partial charge in [0.15, 0.2) is 0 Å².